The van der Waals surface area contributed by atoms with Gasteiger partial charge in [-0.25, -0.2) is 14.1 Å². The normalized spacial score (nSPS) is 20.9. The Kier molecular flexibility index (Phi) is 9.21. The molecular weight excluding hydrogens is 627 g/mol. The maximum absolute atomic E-state index is 14.0. The third kappa shape index (κ3) is 6.97. The average molecular weight is 660 g/mol. The molecule has 0 N–H and O–H groups in total. The first-order valence-electron chi connectivity index (χ1n) is 14.3. The lowest BCUT2D eigenvalue weighted by molar-refractivity contribution is -0.144. The first-order chi connectivity index (χ1) is 21.1. The molecule has 0 spiro atoms. The van der Waals surface area contributed by atoms with Gasteiger partial charge >= 0.3 is 18.4 Å². The number of likely N-dealkylation sites (tertiary alicyclic amines) is 1. The summed E-state index contributed by atoms with van der Waals surface area (Å²) < 4.78 is 100. The lowest BCUT2D eigenvalue weighted by atomic mass is 9.78. The molecule has 250 valence electrons. The van der Waals surface area contributed by atoms with Gasteiger partial charge < -0.3 is 14.5 Å². The number of piperidine rings is 1. The Balaban J connectivity index is 1.63. The Morgan fingerprint density at radius 2 is 1.61 bits per heavy atom. The molecule has 46 heavy (non-hydrogen) atoms. The van der Waals surface area contributed by atoms with E-state index in [1.807, 2.05) is 0 Å². The van der Waals surface area contributed by atoms with Crippen molar-refractivity contribution >= 4 is 23.8 Å². The molecule has 0 saturated carbocycles. The van der Waals surface area contributed by atoms with Crippen LogP contribution in [-0.2, 0) is 31.5 Å². The van der Waals surface area contributed by atoms with Gasteiger partial charge in [0.2, 0.25) is 11.8 Å². The van der Waals surface area contributed by atoms with Gasteiger partial charge in [0, 0.05) is 32.0 Å². The topological polar surface area (TPSA) is 87.2 Å². The Morgan fingerprint density at radius 1 is 1.02 bits per heavy atom. The van der Waals surface area contributed by atoms with Crippen molar-refractivity contribution in [1.29, 1.82) is 0 Å². The number of benzene rings is 2. The van der Waals surface area contributed by atoms with E-state index in [-0.39, 0.29) is 31.1 Å². The van der Waals surface area contributed by atoms with Crippen LogP contribution in [0.5, 0.6) is 0 Å². The van der Waals surface area contributed by atoms with E-state index in [1.54, 1.807) is 6.92 Å². The van der Waals surface area contributed by atoms with Gasteiger partial charge in [0.25, 0.3) is 5.91 Å². The van der Waals surface area contributed by atoms with E-state index in [1.165, 1.54) is 50.9 Å². The van der Waals surface area contributed by atoms with Crippen LogP contribution in [0.1, 0.15) is 67.0 Å². The summed E-state index contributed by atoms with van der Waals surface area (Å²) in [5.74, 6) is -4.18. The highest BCUT2D eigenvalue weighted by atomic mass is 19.4. The summed E-state index contributed by atoms with van der Waals surface area (Å²) in [7, 11) is 1.26. The molecule has 0 unspecified atom stereocenters. The number of carbonyl (C=O) groups excluding carboxylic acids is 4. The van der Waals surface area contributed by atoms with Crippen molar-refractivity contribution < 1.29 is 54.6 Å². The molecule has 2 aromatic rings. The summed E-state index contributed by atoms with van der Waals surface area (Å²) in [5.41, 5.74) is -3.92. The molecule has 0 aliphatic carbocycles. The number of imide groups is 1. The summed E-state index contributed by atoms with van der Waals surface area (Å²) in [6.45, 7) is 4.91. The van der Waals surface area contributed by atoms with Crippen molar-refractivity contribution in [3.63, 3.8) is 0 Å². The number of cyclic esters (lactones) is 1. The number of aryl methyl sites for hydroxylation is 1. The molecule has 2 aromatic carbocycles. The third-order valence-electron chi connectivity index (χ3n) is 8.55. The molecule has 0 bridgehead atoms. The Labute approximate surface area is 260 Å². The van der Waals surface area contributed by atoms with Gasteiger partial charge in [-0.2, -0.15) is 26.3 Å². The smallest absolute Gasteiger partial charge is 0.418 e. The zero-order valence-electron chi connectivity index (χ0n) is 25.6. The van der Waals surface area contributed by atoms with Crippen molar-refractivity contribution in [3.05, 3.63) is 70.0 Å². The largest absolute Gasteiger partial charge is 0.433 e. The van der Waals surface area contributed by atoms with E-state index in [9.17, 15) is 49.9 Å². The predicted octanol–water partition coefficient (Wildman–Crippen LogP) is 6.08. The van der Waals surface area contributed by atoms with Gasteiger partial charge in [-0.15, -0.1) is 0 Å². The van der Waals surface area contributed by atoms with E-state index in [0.29, 0.717) is 28.2 Å². The highest BCUT2D eigenvalue weighted by Gasteiger charge is 2.49. The summed E-state index contributed by atoms with van der Waals surface area (Å²) in [6.07, 6.45) is -11.1. The second-order valence-electron chi connectivity index (χ2n) is 12.1. The van der Waals surface area contributed by atoms with Gasteiger partial charge in [-0.1, -0.05) is 6.07 Å². The standard InChI is InChI=1S/C31H32F7N3O5/c1-16-10-21(32)6-7-22(16)24-14-40(25(42)15-41-27(44)29(3,4)46-28(41)45)9-8-23(24)26(43)39(5)17(2)18-11-19(30(33,34)35)13-20(12-18)31(36,37)38/h6-7,10-13,17,23-24H,8-9,14-15H2,1-5H3/t17-,23-,24+/m0/s1. The van der Waals surface area contributed by atoms with Crippen molar-refractivity contribution in [3.8, 4) is 0 Å². The Bertz CT molecular complexity index is 1520. The van der Waals surface area contributed by atoms with Crippen LogP contribution in [0.25, 0.3) is 0 Å². The molecule has 4 amide bonds. The SMILES string of the molecule is Cc1cc(F)ccc1[C@H]1CN(C(=O)CN2C(=O)OC(C)(C)C2=O)CC[C@@H]1C(=O)N(C)[C@@H](C)c1cc(C(F)(F)F)cc(C(F)(F)F)c1. The molecule has 15 heteroatoms. The fourth-order valence-corrected chi connectivity index (χ4v) is 5.84. The van der Waals surface area contributed by atoms with E-state index >= 15 is 0 Å². The minimum absolute atomic E-state index is 0.00844. The van der Waals surface area contributed by atoms with E-state index in [2.05, 4.69) is 0 Å². The van der Waals surface area contributed by atoms with Crippen LogP contribution in [-0.4, -0.2) is 70.8 Å². The number of alkyl halides is 6. The molecule has 0 radical (unpaired) electrons. The fourth-order valence-electron chi connectivity index (χ4n) is 5.84. The fraction of sp³-hybridized carbons (Fsp3) is 0.484. The quantitative estimate of drug-likeness (QED) is 0.351. The van der Waals surface area contributed by atoms with Crippen LogP contribution in [0.15, 0.2) is 36.4 Å². The number of nitrogens with zero attached hydrogens (tertiary/aromatic N) is 3. The second kappa shape index (κ2) is 12.2. The molecule has 4 rings (SSSR count). The number of ether oxygens (including phenoxy) is 1. The lowest BCUT2D eigenvalue weighted by Crippen LogP contribution is -2.51. The minimum atomic E-state index is -5.07. The zero-order valence-corrected chi connectivity index (χ0v) is 25.6. The zero-order chi connectivity index (χ0) is 34.5. The molecule has 2 aliphatic rings. The van der Waals surface area contributed by atoms with Crippen LogP contribution in [0, 0.1) is 18.7 Å². The molecule has 0 aromatic heterocycles. The third-order valence-corrected chi connectivity index (χ3v) is 8.55. The van der Waals surface area contributed by atoms with Gasteiger partial charge in [-0.05, 0) is 81.1 Å². The molecule has 2 saturated heterocycles. The Morgan fingerprint density at radius 3 is 2.11 bits per heavy atom. The van der Waals surface area contributed by atoms with Gasteiger partial charge in [0.1, 0.15) is 12.4 Å². The molecular formula is C31H32F7N3O5. The average Bonchev–Trinajstić information content (AvgIpc) is 3.15. The van der Waals surface area contributed by atoms with Gasteiger partial charge in [-0.3, -0.25) is 14.4 Å². The molecule has 2 heterocycles. The van der Waals surface area contributed by atoms with Crippen molar-refractivity contribution in [2.75, 3.05) is 26.7 Å². The second-order valence-corrected chi connectivity index (χ2v) is 12.1. The van der Waals surface area contributed by atoms with Gasteiger partial charge in [0.05, 0.1) is 17.2 Å². The van der Waals surface area contributed by atoms with Crippen LogP contribution in [0.4, 0.5) is 35.5 Å². The molecule has 8 nitrogen and oxygen atoms in total. The van der Waals surface area contributed by atoms with Crippen LogP contribution in [0.3, 0.4) is 0 Å². The van der Waals surface area contributed by atoms with E-state index in [0.717, 1.165) is 4.90 Å². The van der Waals surface area contributed by atoms with Crippen LogP contribution in [0.2, 0.25) is 0 Å². The lowest BCUT2D eigenvalue weighted by Gasteiger charge is -2.41. The van der Waals surface area contributed by atoms with Crippen LogP contribution >= 0.6 is 0 Å². The predicted molar refractivity (Wildman–Crippen MR) is 148 cm³/mol. The van der Waals surface area contributed by atoms with Gasteiger partial charge in [0.15, 0.2) is 5.60 Å². The van der Waals surface area contributed by atoms with E-state index < -0.39 is 83.1 Å². The highest BCUT2D eigenvalue weighted by Crippen LogP contribution is 2.40. The number of hydrogen-bond donors (Lipinski definition) is 0. The number of rotatable bonds is 6. The summed E-state index contributed by atoms with van der Waals surface area (Å²) >= 11 is 0. The minimum Gasteiger partial charge on any atom is -0.433 e. The summed E-state index contributed by atoms with van der Waals surface area (Å²) in [4.78, 5) is 55.1. The van der Waals surface area contributed by atoms with Crippen LogP contribution < -0.4 is 0 Å². The summed E-state index contributed by atoms with van der Waals surface area (Å²) in [6, 6.07) is 3.76. The molecule has 3 atom stereocenters. The van der Waals surface area contributed by atoms with Crippen molar-refractivity contribution in [2.45, 2.75) is 64.0 Å². The first-order valence-corrected chi connectivity index (χ1v) is 14.3. The maximum atomic E-state index is 14.0. The maximum Gasteiger partial charge on any atom is 0.418 e. The van der Waals surface area contributed by atoms with E-state index in [4.69, 9.17) is 4.74 Å². The Hall–Kier alpha value is -4.17. The number of halogens is 7. The highest BCUT2D eigenvalue weighted by molar-refractivity contribution is 6.04. The number of hydrogen-bond acceptors (Lipinski definition) is 5. The number of carbonyl (C=O) groups is 4. The first kappa shape index (κ1) is 34.7. The summed E-state index contributed by atoms with van der Waals surface area (Å²) in [5, 5.41) is 0. The van der Waals surface area contributed by atoms with Crippen molar-refractivity contribution in [1.82, 2.24) is 14.7 Å². The molecule has 2 fully saturated rings. The monoisotopic (exact) mass is 659 g/mol. The molecule has 2 aliphatic heterocycles. The number of amides is 4. The van der Waals surface area contributed by atoms with Crippen molar-refractivity contribution in [2.24, 2.45) is 5.92 Å².